The molecule has 31 heavy (non-hydrogen) atoms. The summed E-state index contributed by atoms with van der Waals surface area (Å²) in [6.45, 7) is 7.72. The molecule has 0 bridgehead atoms. The van der Waals surface area contributed by atoms with Crippen molar-refractivity contribution in [1.82, 2.24) is 5.32 Å². The molecule has 1 atom stereocenters. The van der Waals surface area contributed by atoms with Gasteiger partial charge in [0.25, 0.3) is 0 Å². The molecule has 1 fully saturated rings. The molecular formula is C27H30N2O2. The maximum Gasteiger partial charge on any atom is 0.247 e. The minimum Gasteiger partial charge on any atom is -0.370 e. The third-order valence-electron chi connectivity index (χ3n) is 5.69. The molecule has 2 aromatic carbocycles. The predicted octanol–water partition coefficient (Wildman–Crippen LogP) is 5.79. The van der Waals surface area contributed by atoms with Gasteiger partial charge in [-0.2, -0.15) is 0 Å². The number of carbonyl (C=O) groups excluding carboxylic acids is 2. The Morgan fingerprint density at radius 3 is 2.32 bits per heavy atom. The van der Waals surface area contributed by atoms with E-state index < -0.39 is 6.04 Å². The van der Waals surface area contributed by atoms with Crippen LogP contribution in [0.2, 0.25) is 0 Å². The maximum atomic E-state index is 13.3. The van der Waals surface area contributed by atoms with Crippen LogP contribution in [0, 0.1) is 0 Å². The number of anilines is 1. The molecule has 0 aliphatic heterocycles. The standard InChI is InChI=1S/C27H30N2O2/c1-3-21-16-17-25(19-22(21)4-2)28-26(27(31)29-24-10-6-5-7-11-24)23-14-12-20(13-15-23)9-8-18-30/h3-4,8-9,12-19,24,26,28H,1-2,5-7,10-11H2,(H,29,31)/b9-8+. The van der Waals surface area contributed by atoms with Crippen molar-refractivity contribution in [2.24, 2.45) is 0 Å². The van der Waals surface area contributed by atoms with Gasteiger partial charge in [0.1, 0.15) is 12.3 Å². The van der Waals surface area contributed by atoms with E-state index in [0.29, 0.717) is 0 Å². The summed E-state index contributed by atoms with van der Waals surface area (Å²) in [5, 5.41) is 6.64. The molecule has 0 heterocycles. The third kappa shape index (κ3) is 6.05. The Kier molecular flexibility index (Phi) is 7.99. The van der Waals surface area contributed by atoms with Gasteiger partial charge < -0.3 is 10.6 Å². The van der Waals surface area contributed by atoms with Crippen molar-refractivity contribution in [3.63, 3.8) is 0 Å². The lowest BCUT2D eigenvalue weighted by Crippen LogP contribution is -2.41. The molecule has 1 unspecified atom stereocenters. The first-order valence-electron chi connectivity index (χ1n) is 10.8. The van der Waals surface area contributed by atoms with Gasteiger partial charge in [-0.1, -0.05) is 81.0 Å². The molecule has 4 nitrogen and oxygen atoms in total. The van der Waals surface area contributed by atoms with Crippen LogP contribution in [-0.2, 0) is 9.59 Å². The summed E-state index contributed by atoms with van der Waals surface area (Å²) in [6.07, 6.45) is 13.1. The normalized spacial score (nSPS) is 15.2. The molecule has 160 valence electrons. The molecule has 0 spiro atoms. The fourth-order valence-corrected chi connectivity index (χ4v) is 3.98. The summed E-state index contributed by atoms with van der Waals surface area (Å²) in [6, 6.07) is 13.3. The highest BCUT2D eigenvalue weighted by Crippen LogP contribution is 2.25. The van der Waals surface area contributed by atoms with Gasteiger partial charge in [0.05, 0.1) is 0 Å². The van der Waals surface area contributed by atoms with Crippen LogP contribution in [0.5, 0.6) is 0 Å². The monoisotopic (exact) mass is 414 g/mol. The van der Waals surface area contributed by atoms with Crippen molar-refractivity contribution in [2.75, 3.05) is 5.32 Å². The second-order valence-electron chi connectivity index (χ2n) is 7.83. The molecule has 0 aromatic heterocycles. The second kappa shape index (κ2) is 11.1. The number of nitrogens with one attached hydrogen (secondary N) is 2. The largest absolute Gasteiger partial charge is 0.370 e. The first-order chi connectivity index (χ1) is 15.1. The SMILES string of the molecule is C=Cc1ccc(NC(C(=O)NC2CCCCC2)c2ccc(/C=C/C=O)cc2)cc1C=C. The van der Waals surface area contributed by atoms with E-state index in [0.717, 1.165) is 59.9 Å². The Balaban J connectivity index is 1.87. The molecule has 1 saturated carbocycles. The Bertz CT molecular complexity index is 954. The molecule has 2 aromatic rings. The molecular weight excluding hydrogens is 384 g/mol. The zero-order valence-electron chi connectivity index (χ0n) is 17.8. The number of allylic oxidation sites excluding steroid dienone is 1. The van der Waals surface area contributed by atoms with Gasteiger partial charge in [-0.15, -0.1) is 0 Å². The lowest BCUT2D eigenvalue weighted by atomic mass is 9.94. The van der Waals surface area contributed by atoms with Gasteiger partial charge in [0.2, 0.25) is 5.91 Å². The third-order valence-corrected chi connectivity index (χ3v) is 5.69. The average Bonchev–Trinajstić information content (AvgIpc) is 2.82. The molecule has 1 amide bonds. The van der Waals surface area contributed by atoms with Crippen LogP contribution in [0.1, 0.15) is 60.4 Å². The van der Waals surface area contributed by atoms with E-state index >= 15 is 0 Å². The zero-order valence-corrected chi connectivity index (χ0v) is 17.8. The quantitative estimate of drug-likeness (QED) is 0.403. The number of benzene rings is 2. The van der Waals surface area contributed by atoms with E-state index in [1.54, 1.807) is 18.2 Å². The van der Waals surface area contributed by atoms with Gasteiger partial charge in [-0.25, -0.2) is 0 Å². The fourth-order valence-electron chi connectivity index (χ4n) is 3.98. The summed E-state index contributed by atoms with van der Waals surface area (Å²) in [4.78, 5) is 23.9. The van der Waals surface area contributed by atoms with Crippen molar-refractivity contribution in [2.45, 2.75) is 44.2 Å². The van der Waals surface area contributed by atoms with Crippen LogP contribution in [0.15, 0.2) is 61.7 Å². The van der Waals surface area contributed by atoms with E-state index in [1.165, 1.54) is 12.5 Å². The Morgan fingerprint density at radius 1 is 0.968 bits per heavy atom. The summed E-state index contributed by atoms with van der Waals surface area (Å²) in [5.41, 5.74) is 4.57. The van der Waals surface area contributed by atoms with Crippen molar-refractivity contribution in [3.05, 3.63) is 84.0 Å². The summed E-state index contributed by atoms with van der Waals surface area (Å²) < 4.78 is 0. The zero-order chi connectivity index (χ0) is 22.1. The van der Waals surface area contributed by atoms with Crippen LogP contribution >= 0.6 is 0 Å². The molecule has 1 aliphatic rings. The van der Waals surface area contributed by atoms with Crippen LogP contribution in [0.3, 0.4) is 0 Å². The average molecular weight is 415 g/mol. The molecule has 1 aliphatic carbocycles. The van der Waals surface area contributed by atoms with Gasteiger partial charge in [-0.05, 0) is 53.3 Å². The van der Waals surface area contributed by atoms with Gasteiger partial charge >= 0.3 is 0 Å². The van der Waals surface area contributed by atoms with Crippen molar-refractivity contribution < 1.29 is 9.59 Å². The number of amides is 1. The fraction of sp³-hybridized carbons (Fsp3) is 0.259. The van der Waals surface area contributed by atoms with Crippen molar-refractivity contribution in [1.29, 1.82) is 0 Å². The highest BCUT2D eigenvalue weighted by molar-refractivity contribution is 5.87. The van der Waals surface area contributed by atoms with Gasteiger partial charge in [-0.3, -0.25) is 9.59 Å². The van der Waals surface area contributed by atoms with Crippen LogP contribution in [-0.4, -0.2) is 18.2 Å². The van der Waals surface area contributed by atoms with Crippen LogP contribution < -0.4 is 10.6 Å². The lowest BCUT2D eigenvalue weighted by molar-refractivity contribution is -0.122. The number of hydrogen-bond acceptors (Lipinski definition) is 3. The number of hydrogen-bond donors (Lipinski definition) is 2. The van der Waals surface area contributed by atoms with Crippen molar-refractivity contribution >= 4 is 36.1 Å². The topological polar surface area (TPSA) is 58.2 Å². The summed E-state index contributed by atoms with van der Waals surface area (Å²) in [7, 11) is 0. The van der Waals surface area contributed by atoms with E-state index in [2.05, 4.69) is 23.8 Å². The molecule has 2 N–H and O–H groups in total. The Hall–Kier alpha value is -3.40. The first kappa shape index (κ1) is 22.3. The highest BCUT2D eigenvalue weighted by atomic mass is 16.2. The second-order valence-corrected chi connectivity index (χ2v) is 7.83. The Morgan fingerprint density at radius 2 is 1.68 bits per heavy atom. The summed E-state index contributed by atoms with van der Waals surface area (Å²) in [5.74, 6) is -0.0315. The van der Waals surface area contributed by atoms with Crippen molar-refractivity contribution in [3.8, 4) is 0 Å². The first-order valence-corrected chi connectivity index (χ1v) is 10.8. The predicted molar refractivity (Wildman–Crippen MR) is 130 cm³/mol. The van der Waals surface area contributed by atoms with E-state index in [1.807, 2.05) is 42.5 Å². The van der Waals surface area contributed by atoms with E-state index in [-0.39, 0.29) is 11.9 Å². The van der Waals surface area contributed by atoms with Gasteiger partial charge in [0.15, 0.2) is 0 Å². The van der Waals surface area contributed by atoms with E-state index in [9.17, 15) is 9.59 Å². The maximum absolute atomic E-state index is 13.3. The summed E-state index contributed by atoms with van der Waals surface area (Å²) >= 11 is 0. The molecule has 3 rings (SSSR count). The van der Waals surface area contributed by atoms with Gasteiger partial charge in [0, 0.05) is 11.7 Å². The van der Waals surface area contributed by atoms with Crippen LogP contribution in [0.4, 0.5) is 5.69 Å². The molecule has 0 radical (unpaired) electrons. The highest BCUT2D eigenvalue weighted by Gasteiger charge is 2.24. The Labute approximate surface area is 184 Å². The smallest absolute Gasteiger partial charge is 0.247 e. The number of carbonyl (C=O) groups is 2. The molecule has 4 heteroatoms. The molecule has 0 saturated heterocycles. The van der Waals surface area contributed by atoms with Crippen LogP contribution in [0.25, 0.3) is 18.2 Å². The number of aldehydes is 1. The van der Waals surface area contributed by atoms with E-state index in [4.69, 9.17) is 0 Å². The minimum atomic E-state index is -0.529. The number of rotatable bonds is 9. The lowest BCUT2D eigenvalue weighted by Gasteiger charge is -2.27. The minimum absolute atomic E-state index is 0.0315.